The van der Waals surface area contributed by atoms with E-state index >= 15 is 0 Å². The zero-order valence-corrected chi connectivity index (χ0v) is 13.8. The average Bonchev–Trinajstić information content (AvgIpc) is 2.68. The molecule has 2 aromatic rings. The molecule has 0 amide bonds. The third-order valence-corrected chi connectivity index (χ3v) is 6.03. The van der Waals surface area contributed by atoms with E-state index in [9.17, 15) is 0 Å². The number of hydrogen-bond acceptors (Lipinski definition) is 4. The van der Waals surface area contributed by atoms with Gasteiger partial charge in [0.25, 0.3) is 0 Å². The summed E-state index contributed by atoms with van der Waals surface area (Å²) in [6, 6.07) is 0. The Morgan fingerprint density at radius 1 is 0.905 bits per heavy atom. The molecular weight excluding hydrogens is 302 g/mol. The molecule has 2 aromatic heterocycles. The van der Waals surface area contributed by atoms with Crippen LogP contribution in [-0.4, -0.2) is 23.1 Å². The van der Waals surface area contributed by atoms with Crippen molar-refractivity contribution in [2.45, 2.75) is 51.4 Å². The standard InChI is InChI=1S/C16H20ClN3S/c17-16-18-14(20-9-5-1-2-6-10-20)13-11-7-3-4-8-12(11)21-15(13)19-16/h1-10H2. The molecule has 5 heteroatoms. The van der Waals surface area contributed by atoms with Crippen LogP contribution in [0.2, 0.25) is 5.28 Å². The van der Waals surface area contributed by atoms with Crippen molar-refractivity contribution in [1.29, 1.82) is 0 Å². The first-order chi connectivity index (χ1) is 10.3. The van der Waals surface area contributed by atoms with E-state index in [0.29, 0.717) is 5.28 Å². The van der Waals surface area contributed by atoms with Crippen LogP contribution < -0.4 is 4.90 Å². The van der Waals surface area contributed by atoms with Crippen molar-refractivity contribution in [3.8, 4) is 0 Å². The zero-order chi connectivity index (χ0) is 14.2. The minimum Gasteiger partial charge on any atom is -0.356 e. The predicted molar refractivity (Wildman–Crippen MR) is 89.7 cm³/mol. The van der Waals surface area contributed by atoms with Crippen LogP contribution in [0.3, 0.4) is 0 Å². The van der Waals surface area contributed by atoms with Crippen molar-refractivity contribution >= 4 is 39.0 Å². The molecule has 0 atom stereocenters. The predicted octanol–water partition coefficient (Wildman–Crippen LogP) is 4.60. The van der Waals surface area contributed by atoms with Crippen LogP contribution >= 0.6 is 22.9 Å². The van der Waals surface area contributed by atoms with E-state index in [-0.39, 0.29) is 0 Å². The van der Waals surface area contributed by atoms with Gasteiger partial charge in [-0.05, 0) is 55.7 Å². The summed E-state index contributed by atoms with van der Waals surface area (Å²) in [4.78, 5) is 14.2. The van der Waals surface area contributed by atoms with Crippen molar-refractivity contribution < 1.29 is 0 Å². The van der Waals surface area contributed by atoms with Gasteiger partial charge in [0.05, 0.1) is 5.39 Å². The van der Waals surface area contributed by atoms with Gasteiger partial charge >= 0.3 is 0 Å². The molecule has 1 aliphatic carbocycles. The molecule has 1 saturated heterocycles. The summed E-state index contributed by atoms with van der Waals surface area (Å²) in [6.07, 6.45) is 10.2. The number of fused-ring (bicyclic) bond motifs is 3. The first kappa shape index (κ1) is 13.8. The number of halogens is 1. The lowest BCUT2D eigenvalue weighted by atomic mass is 9.97. The van der Waals surface area contributed by atoms with E-state index in [2.05, 4.69) is 14.9 Å². The van der Waals surface area contributed by atoms with Crippen LogP contribution in [0.15, 0.2) is 0 Å². The number of hydrogen-bond donors (Lipinski definition) is 0. The Bertz CT molecular complexity index is 659. The van der Waals surface area contributed by atoms with E-state index in [4.69, 9.17) is 11.6 Å². The molecule has 0 N–H and O–H groups in total. The quantitative estimate of drug-likeness (QED) is 0.718. The normalized spacial score (nSPS) is 19.6. The van der Waals surface area contributed by atoms with Gasteiger partial charge < -0.3 is 4.90 Å². The maximum Gasteiger partial charge on any atom is 0.225 e. The van der Waals surface area contributed by atoms with Gasteiger partial charge in [0.15, 0.2) is 0 Å². The van der Waals surface area contributed by atoms with E-state index in [1.807, 2.05) is 11.3 Å². The SMILES string of the molecule is Clc1nc(N2CCCCCC2)c2c3c(sc2n1)CCCC3. The third kappa shape index (κ3) is 2.53. The van der Waals surface area contributed by atoms with Gasteiger partial charge in [-0.3, -0.25) is 0 Å². The molecule has 0 bridgehead atoms. The Morgan fingerprint density at radius 3 is 2.48 bits per heavy atom. The second-order valence-electron chi connectivity index (χ2n) is 6.11. The molecule has 2 aliphatic rings. The molecule has 0 aromatic carbocycles. The second kappa shape index (κ2) is 5.73. The fourth-order valence-electron chi connectivity index (χ4n) is 3.62. The fraction of sp³-hybridized carbons (Fsp3) is 0.625. The van der Waals surface area contributed by atoms with Crippen LogP contribution in [0.25, 0.3) is 10.2 Å². The monoisotopic (exact) mass is 321 g/mol. The number of nitrogens with zero attached hydrogens (tertiary/aromatic N) is 3. The summed E-state index contributed by atoms with van der Waals surface area (Å²) in [5.41, 5.74) is 1.51. The average molecular weight is 322 g/mol. The van der Waals surface area contributed by atoms with E-state index in [0.717, 1.165) is 23.7 Å². The number of aromatic nitrogens is 2. The summed E-state index contributed by atoms with van der Waals surface area (Å²) in [5, 5.41) is 1.71. The maximum atomic E-state index is 6.21. The first-order valence-electron chi connectivity index (χ1n) is 8.05. The highest BCUT2D eigenvalue weighted by Gasteiger charge is 2.23. The van der Waals surface area contributed by atoms with Crippen molar-refractivity contribution in [1.82, 2.24) is 9.97 Å². The summed E-state index contributed by atoms with van der Waals surface area (Å²) in [6.45, 7) is 2.21. The number of aryl methyl sites for hydroxylation is 2. The van der Waals surface area contributed by atoms with Crippen LogP contribution in [0.5, 0.6) is 0 Å². The number of rotatable bonds is 1. The lowest BCUT2D eigenvalue weighted by molar-refractivity contribution is 0.699. The lowest BCUT2D eigenvalue weighted by Gasteiger charge is -2.23. The highest BCUT2D eigenvalue weighted by atomic mass is 35.5. The van der Waals surface area contributed by atoms with Gasteiger partial charge in [0, 0.05) is 18.0 Å². The summed E-state index contributed by atoms with van der Waals surface area (Å²) < 4.78 is 0. The van der Waals surface area contributed by atoms with Crippen molar-refractivity contribution in [3.63, 3.8) is 0 Å². The van der Waals surface area contributed by atoms with Crippen LogP contribution in [0.4, 0.5) is 5.82 Å². The van der Waals surface area contributed by atoms with E-state index < -0.39 is 0 Å². The fourth-order valence-corrected chi connectivity index (χ4v) is 5.09. The van der Waals surface area contributed by atoms with Crippen LogP contribution in [0, 0.1) is 0 Å². The molecule has 112 valence electrons. The van der Waals surface area contributed by atoms with E-state index in [1.165, 1.54) is 67.2 Å². The largest absolute Gasteiger partial charge is 0.356 e. The molecule has 0 saturated carbocycles. The second-order valence-corrected chi connectivity index (χ2v) is 7.53. The van der Waals surface area contributed by atoms with Gasteiger partial charge in [-0.2, -0.15) is 4.98 Å². The van der Waals surface area contributed by atoms with E-state index in [1.54, 1.807) is 0 Å². The molecule has 4 rings (SSSR count). The lowest BCUT2D eigenvalue weighted by Crippen LogP contribution is -2.25. The topological polar surface area (TPSA) is 29.0 Å². The Hall–Kier alpha value is -0.870. The van der Waals surface area contributed by atoms with Crippen molar-refractivity contribution in [3.05, 3.63) is 15.7 Å². The minimum absolute atomic E-state index is 0.403. The van der Waals surface area contributed by atoms with Crippen molar-refractivity contribution in [2.24, 2.45) is 0 Å². The third-order valence-electron chi connectivity index (χ3n) is 4.67. The molecule has 1 aliphatic heterocycles. The Labute approximate surface area is 134 Å². The highest BCUT2D eigenvalue weighted by molar-refractivity contribution is 7.19. The van der Waals surface area contributed by atoms with Gasteiger partial charge in [-0.1, -0.05) is 12.8 Å². The van der Waals surface area contributed by atoms with Gasteiger partial charge in [-0.15, -0.1) is 11.3 Å². The smallest absolute Gasteiger partial charge is 0.225 e. The molecule has 3 nitrogen and oxygen atoms in total. The maximum absolute atomic E-state index is 6.21. The molecule has 21 heavy (non-hydrogen) atoms. The molecule has 3 heterocycles. The molecule has 0 radical (unpaired) electrons. The van der Waals surface area contributed by atoms with Gasteiger partial charge in [0.1, 0.15) is 10.6 Å². The minimum atomic E-state index is 0.403. The van der Waals surface area contributed by atoms with Crippen LogP contribution in [0.1, 0.15) is 49.0 Å². The molecule has 0 unspecified atom stereocenters. The number of thiophene rings is 1. The van der Waals surface area contributed by atoms with Crippen molar-refractivity contribution in [2.75, 3.05) is 18.0 Å². The summed E-state index contributed by atoms with van der Waals surface area (Å²) in [7, 11) is 0. The van der Waals surface area contributed by atoms with Crippen LogP contribution in [-0.2, 0) is 12.8 Å². The Morgan fingerprint density at radius 2 is 1.67 bits per heavy atom. The highest BCUT2D eigenvalue weighted by Crippen LogP contribution is 2.40. The number of anilines is 1. The zero-order valence-electron chi connectivity index (χ0n) is 12.2. The molecular formula is C16H20ClN3S. The summed E-state index contributed by atoms with van der Waals surface area (Å²) >= 11 is 8.04. The first-order valence-corrected chi connectivity index (χ1v) is 9.25. The molecule has 1 fully saturated rings. The Kier molecular flexibility index (Phi) is 3.76. The summed E-state index contributed by atoms with van der Waals surface area (Å²) in [5.74, 6) is 1.10. The van der Waals surface area contributed by atoms with Gasteiger partial charge in [-0.25, -0.2) is 4.98 Å². The molecule has 0 spiro atoms. The Balaban J connectivity index is 1.87. The van der Waals surface area contributed by atoms with Gasteiger partial charge in [0.2, 0.25) is 5.28 Å².